The summed E-state index contributed by atoms with van der Waals surface area (Å²) in [6.45, 7) is 1.95. The Morgan fingerprint density at radius 2 is 1.88 bits per heavy atom. The topological polar surface area (TPSA) is 26.0 Å². The van der Waals surface area contributed by atoms with Gasteiger partial charge in [0.1, 0.15) is 5.82 Å². The molecule has 1 aliphatic rings. The van der Waals surface area contributed by atoms with Crippen molar-refractivity contribution in [2.45, 2.75) is 44.6 Å². The van der Waals surface area contributed by atoms with Gasteiger partial charge in [0.05, 0.1) is 5.02 Å². The SMILES string of the molecule is Cc1cc(Cl)c(F)cc1C1(N)CCCCC1. The van der Waals surface area contributed by atoms with Gasteiger partial charge in [0, 0.05) is 5.54 Å². The predicted molar refractivity (Wildman–Crippen MR) is 65.1 cm³/mol. The Bertz CT molecular complexity index is 397. The van der Waals surface area contributed by atoms with E-state index in [4.69, 9.17) is 17.3 Å². The molecule has 0 spiro atoms. The molecule has 0 unspecified atom stereocenters. The number of benzene rings is 1. The van der Waals surface area contributed by atoms with E-state index < -0.39 is 0 Å². The zero-order chi connectivity index (χ0) is 11.8. The molecule has 0 heterocycles. The van der Waals surface area contributed by atoms with Crippen LogP contribution in [0.4, 0.5) is 4.39 Å². The normalized spacial score (nSPS) is 19.8. The van der Waals surface area contributed by atoms with Gasteiger partial charge in [0.15, 0.2) is 0 Å². The molecule has 0 aromatic heterocycles. The largest absolute Gasteiger partial charge is 0.321 e. The maximum Gasteiger partial charge on any atom is 0.142 e. The average molecular weight is 242 g/mol. The van der Waals surface area contributed by atoms with Crippen LogP contribution in [0.5, 0.6) is 0 Å². The lowest BCUT2D eigenvalue weighted by atomic mass is 9.76. The van der Waals surface area contributed by atoms with Gasteiger partial charge in [-0.3, -0.25) is 0 Å². The highest BCUT2D eigenvalue weighted by atomic mass is 35.5. The number of aryl methyl sites for hydroxylation is 1. The molecular formula is C13H17ClFN. The molecule has 0 aliphatic heterocycles. The summed E-state index contributed by atoms with van der Waals surface area (Å²) in [6, 6.07) is 3.19. The average Bonchev–Trinajstić information content (AvgIpc) is 2.24. The Kier molecular flexibility index (Phi) is 3.22. The Labute approximate surface area is 101 Å². The van der Waals surface area contributed by atoms with Crippen molar-refractivity contribution in [3.8, 4) is 0 Å². The van der Waals surface area contributed by atoms with Crippen molar-refractivity contribution < 1.29 is 4.39 Å². The molecule has 1 aromatic carbocycles. The maximum absolute atomic E-state index is 13.5. The summed E-state index contributed by atoms with van der Waals surface area (Å²) in [7, 11) is 0. The lowest BCUT2D eigenvalue weighted by Crippen LogP contribution is -2.39. The molecule has 0 saturated heterocycles. The molecule has 1 aromatic rings. The molecule has 16 heavy (non-hydrogen) atoms. The highest BCUT2D eigenvalue weighted by molar-refractivity contribution is 6.30. The van der Waals surface area contributed by atoms with E-state index in [2.05, 4.69) is 0 Å². The molecule has 0 radical (unpaired) electrons. The van der Waals surface area contributed by atoms with Gasteiger partial charge < -0.3 is 5.73 Å². The van der Waals surface area contributed by atoms with Crippen LogP contribution in [0.15, 0.2) is 12.1 Å². The van der Waals surface area contributed by atoms with Crippen LogP contribution >= 0.6 is 11.6 Å². The fourth-order valence-electron chi connectivity index (χ4n) is 2.63. The molecule has 88 valence electrons. The second-order valence-electron chi connectivity index (χ2n) is 4.80. The van der Waals surface area contributed by atoms with Gasteiger partial charge in [-0.2, -0.15) is 0 Å². The number of nitrogens with two attached hydrogens (primary N) is 1. The van der Waals surface area contributed by atoms with E-state index in [1.807, 2.05) is 6.92 Å². The second-order valence-corrected chi connectivity index (χ2v) is 5.21. The van der Waals surface area contributed by atoms with Gasteiger partial charge >= 0.3 is 0 Å². The first-order chi connectivity index (χ1) is 7.53. The molecule has 0 atom stereocenters. The molecule has 0 amide bonds. The fraction of sp³-hybridized carbons (Fsp3) is 0.538. The van der Waals surface area contributed by atoms with Crippen LogP contribution in [-0.4, -0.2) is 0 Å². The summed E-state index contributed by atoms with van der Waals surface area (Å²) in [5.74, 6) is -0.363. The monoisotopic (exact) mass is 241 g/mol. The highest BCUT2D eigenvalue weighted by Crippen LogP contribution is 2.37. The van der Waals surface area contributed by atoms with Crippen molar-refractivity contribution in [3.05, 3.63) is 34.1 Å². The molecular weight excluding hydrogens is 225 g/mol. The van der Waals surface area contributed by atoms with Gasteiger partial charge in [0.25, 0.3) is 0 Å². The maximum atomic E-state index is 13.5. The second kappa shape index (κ2) is 4.34. The minimum atomic E-state index is -0.363. The molecule has 1 aliphatic carbocycles. The summed E-state index contributed by atoms with van der Waals surface area (Å²) in [4.78, 5) is 0. The third kappa shape index (κ3) is 2.09. The zero-order valence-corrected chi connectivity index (χ0v) is 10.3. The Balaban J connectivity index is 2.42. The van der Waals surface area contributed by atoms with Crippen molar-refractivity contribution >= 4 is 11.6 Å². The van der Waals surface area contributed by atoms with Crippen molar-refractivity contribution in [1.29, 1.82) is 0 Å². The third-order valence-corrected chi connectivity index (χ3v) is 3.84. The first-order valence-electron chi connectivity index (χ1n) is 5.78. The summed E-state index contributed by atoms with van der Waals surface area (Å²) in [5, 5.41) is 0.181. The van der Waals surface area contributed by atoms with Crippen molar-refractivity contribution in [2.24, 2.45) is 5.73 Å². The molecule has 1 fully saturated rings. The molecule has 2 N–H and O–H groups in total. The molecule has 2 rings (SSSR count). The number of rotatable bonds is 1. The standard InChI is InChI=1S/C13H17ClFN/c1-9-7-11(14)12(15)8-10(9)13(16)5-3-2-4-6-13/h7-8H,2-6,16H2,1H3. The van der Waals surface area contributed by atoms with Crippen LogP contribution in [0, 0.1) is 12.7 Å². The third-order valence-electron chi connectivity index (χ3n) is 3.55. The minimum Gasteiger partial charge on any atom is -0.321 e. The first kappa shape index (κ1) is 11.9. The lowest BCUT2D eigenvalue weighted by Gasteiger charge is -2.35. The summed E-state index contributed by atoms with van der Waals surface area (Å²) < 4.78 is 13.5. The van der Waals surface area contributed by atoms with E-state index in [1.54, 1.807) is 6.07 Å². The number of halogens is 2. The summed E-state index contributed by atoms with van der Waals surface area (Å²) in [5.41, 5.74) is 7.96. The van der Waals surface area contributed by atoms with Crippen molar-refractivity contribution in [2.75, 3.05) is 0 Å². The number of hydrogen-bond donors (Lipinski definition) is 1. The van der Waals surface area contributed by atoms with E-state index in [1.165, 1.54) is 12.5 Å². The Morgan fingerprint density at radius 1 is 1.25 bits per heavy atom. The summed E-state index contributed by atoms with van der Waals surface area (Å²) in [6.07, 6.45) is 5.36. The van der Waals surface area contributed by atoms with Crippen LogP contribution in [-0.2, 0) is 5.54 Å². The predicted octanol–water partition coefficient (Wildman–Crippen LogP) is 3.91. The van der Waals surface area contributed by atoms with Gasteiger partial charge in [0.2, 0.25) is 0 Å². The fourth-order valence-corrected chi connectivity index (χ4v) is 2.85. The smallest absolute Gasteiger partial charge is 0.142 e. The summed E-state index contributed by atoms with van der Waals surface area (Å²) >= 11 is 5.75. The van der Waals surface area contributed by atoms with Gasteiger partial charge in [-0.05, 0) is 43.0 Å². The van der Waals surface area contributed by atoms with Gasteiger partial charge in [-0.15, -0.1) is 0 Å². The first-order valence-corrected chi connectivity index (χ1v) is 6.16. The molecule has 3 heteroatoms. The van der Waals surface area contributed by atoms with E-state index in [0.29, 0.717) is 0 Å². The van der Waals surface area contributed by atoms with E-state index in [9.17, 15) is 4.39 Å². The van der Waals surface area contributed by atoms with Crippen LogP contribution in [0.2, 0.25) is 5.02 Å². The lowest BCUT2D eigenvalue weighted by molar-refractivity contribution is 0.300. The zero-order valence-electron chi connectivity index (χ0n) is 9.52. The van der Waals surface area contributed by atoms with Gasteiger partial charge in [-0.25, -0.2) is 4.39 Å². The van der Waals surface area contributed by atoms with Crippen molar-refractivity contribution in [3.63, 3.8) is 0 Å². The van der Waals surface area contributed by atoms with E-state index >= 15 is 0 Å². The van der Waals surface area contributed by atoms with Crippen LogP contribution in [0.1, 0.15) is 43.2 Å². The number of hydrogen-bond acceptors (Lipinski definition) is 1. The van der Waals surface area contributed by atoms with Crippen LogP contribution in [0.25, 0.3) is 0 Å². The van der Waals surface area contributed by atoms with Crippen LogP contribution < -0.4 is 5.73 Å². The van der Waals surface area contributed by atoms with E-state index in [0.717, 1.165) is 36.8 Å². The van der Waals surface area contributed by atoms with Gasteiger partial charge in [-0.1, -0.05) is 30.9 Å². The highest BCUT2D eigenvalue weighted by Gasteiger charge is 2.31. The molecule has 1 nitrogen and oxygen atoms in total. The van der Waals surface area contributed by atoms with E-state index in [-0.39, 0.29) is 16.4 Å². The molecule has 1 saturated carbocycles. The molecule has 0 bridgehead atoms. The quantitative estimate of drug-likeness (QED) is 0.793. The van der Waals surface area contributed by atoms with Crippen molar-refractivity contribution in [1.82, 2.24) is 0 Å². The minimum absolute atomic E-state index is 0.181. The Morgan fingerprint density at radius 3 is 2.50 bits per heavy atom. The Hall–Kier alpha value is -0.600. The van der Waals surface area contributed by atoms with Crippen LogP contribution in [0.3, 0.4) is 0 Å².